The Kier molecular flexibility index (Phi) is 4.78. The molecule has 0 spiro atoms. The number of hydrogen-bond donors (Lipinski definition) is 0. The number of carbonyl (C=O) groups excluding carboxylic acids is 2. The van der Waals surface area contributed by atoms with Crippen molar-refractivity contribution in [2.75, 3.05) is 0 Å². The Balaban J connectivity index is 1.22. The van der Waals surface area contributed by atoms with Gasteiger partial charge in [0.05, 0.1) is 11.8 Å². The van der Waals surface area contributed by atoms with E-state index in [1.807, 2.05) is 12.2 Å². The predicted molar refractivity (Wildman–Crippen MR) is 106 cm³/mol. The highest BCUT2D eigenvalue weighted by Gasteiger charge is 2.47. The summed E-state index contributed by atoms with van der Waals surface area (Å²) < 4.78 is 5.42. The van der Waals surface area contributed by atoms with Crippen molar-refractivity contribution in [2.24, 2.45) is 11.8 Å². The van der Waals surface area contributed by atoms with E-state index in [1.165, 1.54) is 10.5 Å². The maximum absolute atomic E-state index is 12.6. The van der Waals surface area contributed by atoms with Gasteiger partial charge in [0.1, 0.15) is 6.54 Å². The molecule has 1 aromatic heterocycles. The Morgan fingerprint density at radius 1 is 0.897 bits per heavy atom. The standard InChI is InChI=1S/C23H25N3O3/c27-22-18-8-4-5-9-19(18)23(28)26(22)14-20-24-21(25-29-20)17-12-10-16(11-13-17)15-6-2-1-3-7-15/h1-7,16-19H,8-14H2. The number of hydrogen-bond acceptors (Lipinski definition) is 5. The molecule has 29 heavy (non-hydrogen) atoms. The molecule has 2 heterocycles. The van der Waals surface area contributed by atoms with Crippen LogP contribution in [-0.2, 0) is 16.1 Å². The Labute approximate surface area is 170 Å². The van der Waals surface area contributed by atoms with Gasteiger partial charge in [-0.1, -0.05) is 47.6 Å². The fraction of sp³-hybridized carbons (Fsp3) is 0.478. The highest BCUT2D eigenvalue weighted by atomic mass is 16.5. The van der Waals surface area contributed by atoms with Gasteiger partial charge in [-0.15, -0.1) is 0 Å². The quantitative estimate of drug-likeness (QED) is 0.582. The second-order valence-corrected chi connectivity index (χ2v) is 8.42. The first-order valence-electron chi connectivity index (χ1n) is 10.6. The first-order valence-corrected chi connectivity index (χ1v) is 10.6. The molecule has 1 saturated heterocycles. The van der Waals surface area contributed by atoms with E-state index in [0.29, 0.717) is 30.5 Å². The summed E-state index contributed by atoms with van der Waals surface area (Å²) in [5.74, 6) is 1.30. The van der Waals surface area contributed by atoms with Crippen molar-refractivity contribution in [3.63, 3.8) is 0 Å². The zero-order chi connectivity index (χ0) is 19.8. The molecule has 2 aromatic rings. The highest BCUT2D eigenvalue weighted by molar-refractivity contribution is 6.05. The molecule has 0 radical (unpaired) electrons. The normalized spacial score (nSPS) is 29.3. The molecule has 150 valence electrons. The number of likely N-dealkylation sites (tertiary alicyclic amines) is 1. The van der Waals surface area contributed by atoms with Gasteiger partial charge in [0.2, 0.25) is 17.7 Å². The third-order valence-electron chi connectivity index (χ3n) is 6.74. The molecule has 0 N–H and O–H groups in total. The molecule has 6 heteroatoms. The van der Waals surface area contributed by atoms with Gasteiger partial charge in [-0.05, 0) is 50.0 Å². The van der Waals surface area contributed by atoms with E-state index in [1.54, 1.807) is 0 Å². The number of amides is 2. The molecule has 2 amide bonds. The minimum Gasteiger partial charge on any atom is -0.337 e. The van der Waals surface area contributed by atoms with Crippen LogP contribution in [0.5, 0.6) is 0 Å². The molecule has 1 aromatic carbocycles. The summed E-state index contributed by atoms with van der Waals surface area (Å²) in [6.07, 6.45) is 9.54. The lowest BCUT2D eigenvalue weighted by molar-refractivity contribution is -0.141. The SMILES string of the molecule is O=C1C2CC=CCC2C(=O)N1Cc1nc(C2CCC(c3ccccc3)CC2)no1. The lowest BCUT2D eigenvalue weighted by Crippen LogP contribution is -2.30. The van der Waals surface area contributed by atoms with Crippen LogP contribution in [0.3, 0.4) is 0 Å². The lowest BCUT2D eigenvalue weighted by atomic mass is 9.78. The zero-order valence-electron chi connectivity index (χ0n) is 16.4. The van der Waals surface area contributed by atoms with E-state index in [9.17, 15) is 9.59 Å². The number of nitrogens with zero attached hydrogens (tertiary/aromatic N) is 3. The molecule has 2 atom stereocenters. The summed E-state index contributed by atoms with van der Waals surface area (Å²) in [6, 6.07) is 10.7. The zero-order valence-corrected chi connectivity index (χ0v) is 16.4. The molecular formula is C23H25N3O3. The van der Waals surface area contributed by atoms with Crippen LogP contribution in [0.4, 0.5) is 0 Å². The third-order valence-corrected chi connectivity index (χ3v) is 6.74. The number of allylic oxidation sites excluding steroid dienone is 2. The van der Waals surface area contributed by atoms with Crippen LogP contribution in [0.25, 0.3) is 0 Å². The fourth-order valence-electron chi connectivity index (χ4n) is 5.07. The number of carbonyl (C=O) groups is 2. The minimum absolute atomic E-state index is 0.0943. The average Bonchev–Trinajstić information content (AvgIpc) is 3.34. The smallest absolute Gasteiger partial charge is 0.246 e. The summed E-state index contributed by atoms with van der Waals surface area (Å²) in [6.45, 7) is 0.0943. The van der Waals surface area contributed by atoms with Crippen molar-refractivity contribution in [3.05, 3.63) is 59.8 Å². The van der Waals surface area contributed by atoms with E-state index in [2.05, 4.69) is 40.5 Å². The Bertz CT molecular complexity index is 902. The van der Waals surface area contributed by atoms with Crippen LogP contribution >= 0.6 is 0 Å². The maximum Gasteiger partial charge on any atom is 0.246 e. The van der Waals surface area contributed by atoms with Crippen molar-refractivity contribution >= 4 is 11.8 Å². The van der Waals surface area contributed by atoms with Crippen molar-refractivity contribution in [3.8, 4) is 0 Å². The minimum atomic E-state index is -0.219. The van der Waals surface area contributed by atoms with E-state index in [4.69, 9.17) is 4.52 Å². The van der Waals surface area contributed by atoms with Crippen LogP contribution in [0.1, 0.15) is 67.6 Å². The number of fused-ring (bicyclic) bond motifs is 1. The number of benzene rings is 1. The number of imide groups is 1. The van der Waals surface area contributed by atoms with Crippen LogP contribution in [-0.4, -0.2) is 26.9 Å². The van der Waals surface area contributed by atoms with Crippen LogP contribution in [0.15, 0.2) is 47.0 Å². The largest absolute Gasteiger partial charge is 0.337 e. The molecule has 2 fully saturated rings. The topological polar surface area (TPSA) is 76.3 Å². The monoisotopic (exact) mass is 391 g/mol. The van der Waals surface area contributed by atoms with Crippen molar-refractivity contribution in [1.29, 1.82) is 0 Å². The molecule has 2 aliphatic carbocycles. The van der Waals surface area contributed by atoms with Crippen LogP contribution < -0.4 is 0 Å². The van der Waals surface area contributed by atoms with Gasteiger partial charge in [-0.2, -0.15) is 4.98 Å². The van der Waals surface area contributed by atoms with Gasteiger partial charge >= 0.3 is 0 Å². The molecule has 5 rings (SSSR count). The summed E-state index contributed by atoms with van der Waals surface area (Å²) >= 11 is 0. The van der Waals surface area contributed by atoms with Gasteiger partial charge in [0.25, 0.3) is 0 Å². The highest BCUT2D eigenvalue weighted by Crippen LogP contribution is 2.40. The van der Waals surface area contributed by atoms with Gasteiger partial charge in [-0.3, -0.25) is 14.5 Å². The van der Waals surface area contributed by atoms with E-state index in [-0.39, 0.29) is 36.1 Å². The van der Waals surface area contributed by atoms with Crippen molar-refractivity contribution in [1.82, 2.24) is 15.0 Å². The van der Waals surface area contributed by atoms with Crippen LogP contribution in [0.2, 0.25) is 0 Å². The van der Waals surface area contributed by atoms with Gasteiger partial charge < -0.3 is 4.52 Å². The number of aromatic nitrogens is 2. The first-order chi connectivity index (χ1) is 14.2. The Morgan fingerprint density at radius 3 is 2.17 bits per heavy atom. The summed E-state index contributed by atoms with van der Waals surface area (Å²) in [4.78, 5) is 31.1. The number of rotatable bonds is 4. The second kappa shape index (κ2) is 7.58. The van der Waals surface area contributed by atoms with Gasteiger partial charge in [0.15, 0.2) is 5.82 Å². The van der Waals surface area contributed by atoms with Gasteiger partial charge in [-0.25, -0.2) is 0 Å². The second-order valence-electron chi connectivity index (χ2n) is 8.42. The molecule has 0 bridgehead atoms. The molecule has 2 unspecified atom stereocenters. The van der Waals surface area contributed by atoms with E-state index >= 15 is 0 Å². The Morgan fingerprint density at radius 2 is 1.52 bits per heavy atom. The summed E-state index contributed by atoms with van der Waals surface area (Å²) in [5.41, 5.74) is 1.40. The van der Waals surface area contributed by atoms with Crippen LogP contribution in [0, 0.1) is 11.8 Å². The summed E-state index contributed by atoms with van der Waals surface area (Å²) in [7, 11) is 0. The Hall–Kier alpha value is -2.76. The molecule has 6 nitrogen and oxygen atoms in total. The average molecular weight is 391 g/mol. The van der Waals surface area contributed by atoms with E-state index in [0.717, 1.165) is 25.7 Å². The van der Waals surface area contributed by atoms with Crippen molar-refractivity contribution < 1.29 is 14.1 Å². The molecular weight excluding hydrogens is 366 g/mol. The van der Waals surface area contributed by atoms with E-state index < -0.39 is 0 Å². The first kappa shape index (κ1) is 18.3. The summed E-state index contributed by atoms with van der Waals surface area (Å²) in [5, 5.41) is 4.17. The molecule has 3 aliphatic rings. The predicted octanol–water partition coefficient (Wildman–Crippen LogP) is 3.96. The van der Waals surface area contributed by atoms with Gasteiger partial charge in [0, 0.05) is 5.92 Å². The molecule has 1 saturated carbocycles. The van der Waals surface area contributed by atoms with Crippen molar-refractivity contribution in [2.45, 2.75) is 56.9 Å². The lowest BCUT2D eigenvalue weighted by Gasteiger charge is -2.26. The fourth-order valence-corrected chi connectivity index (χ4v) is 5.07. The maximum atomic E-state index is 12.6. The third kappa shape index (κ3) is 3.41. The molecule has 1 aliphatic heterocycles.